The van der Waals surface area contributed by atoms with Crippen molar-refractivity contribution in [3.8, 4) is 5.75 Å². The Labute approximate surface area is 180 Å². The van der Waals surface area contributed by atoms with Gasteiger partial charge in [-0.15, -0.1) is 0 Å². The minimum absolute atomic E-state index is 0.0944. The van der Waals surface area contributed by atoms with Crippen molar-refractivity contribution in [2.75, 3.05) is 13.2 Å². The topological polar surface area (TPSA) is 105 Å². The number of benzene rings is 3. The highest BCUT2D eigenvalue weighted by Crippen LogP contribution is 2.35. The third-order valence-corrected chi connectivity index (χ3v) is 4.86. The van der Waals surface area contributed by atoms with E-state index in [0.717, 1.165) is 0 Å². The number of nitrogens with one attached hydrogen (secondary N) is 1. The minimum Gasteiger partial charge on any atom is -0.507 e. The monoisotopic (exact) mass is 423 g/mol. The number of aromatic hydroxyl groups is 1. The van der Waals surface area contributed by atoms with E-state index in [1.807, 2.05) is 6.07 Å². The Hall–Kier alpha value is -3.42. The van der Waals surface area contributed by atoms with Crippen LogP contribution in [0.5, 0.6) is 5.75 Å². The lowest BCUT2D eigenvalue weighted by Crippen LogP contribution is -2.35. The van der Waals surface area contributed by atoms with Crippen LogP contribution < -0.4 is 5.32 Å². The molecule has 3 N–H and O–H groups in total. The average Bonchev–Trinajstić information content (AvgIpc) is 2.79. The zero-order valence-corrected chi connectivity index (χ0v) is 17.2. The summed E-state index contributed by atoms with van der Waals surface area (Å²) in [6.07, 6.45) is -2.28. The van der Waals surface area contributed by atoms with Crippen LogP contribution in [0.4, 0.5) is 4.79 Å². The maximum atomic E-state index is 12.6. The van der Waals surface area contributed by atoms with E-state index in [1.54, 1.807) is 61.5 Å². The molecule has 3 aromatic carbocycles. The van der Waals surface area contributed by atoms with E-state index in [-0.39, 0.29) is 18.8 Å². The van der Waals surface area contributed by atoms with Gasteiger partial charge >= 0.3 is 6.09 Å². The van der Waals surface area contributed by atoms with Gasteiger partial charge in [0.05, 0.1) is 0 Å². The number of hydrogen-bond acceptors (Lipinski definition) is 6. The third kappa shape index (κ3) is 5.39. The number of phenolic OH excluding ortho intramolecular Hbond substituents is 1. The van der Waals surface area contributed by atoms with E-state index < -0.39 is 24.2 Å². The zero-order chi connectivity index (χ0) is 22.2. The molecule has 3 rings (SSSR count). The fourth-order valence-corrected chi connectivity index (χ4v) is 3.46. The summed E-state index contributed by atoms with van der Waals surface area (Å²) >= 11 is 0. The minimum atomic E-state index is -0.932. The molecular formula is C24H25NO6. The zero-order valence-electron chi connectivity index (χ0n) is 17.2. The molecule has 31 heavy (non-hydrogen) atoms. The third-order valence-electron chi connectivity index (χ3n) is 4.86. The van der Waals surface area contributed by atoms with E-state index in [2.05, 4.69) is 5.32 Å². The van der Waals surface area contributed by atoms with Crippen molar-refractivity contribution in [3.63, 3.8) is 0 Å². The molecular weight excluding hydrogens is 398 g/mol. The number of carbonyl (C=O) groups excluding carboxylic acids is 2. The molecule has 0 spiro atoms. The van der Waals surface area contributed by atoms with E-state index in [4.69, 9.17) is 9.47 Å². The SMILES string of the molecule is CCO[C@@H](CCO)[C@@H](OC(=O)NC(=O)c1ccccc1)c1ccc(O)c2ccccc12. The highest BCUT2D eigenvalue weighted by molar-refractivity contribution is 6.03. The molecule has 0 radical (unpaired) electrons. The molecule has 0 aliphatic heterocycles. The summed E-state index contributed by atoms with van der Waals surface area (Å²) in [6, 6.07) is 18.6. The van der Waals surface area contributed by atoms with Crippen molar-refractivity contribution in [2.24, 2.45) is 0 Å². The van der Waals surface area contributed by atoms with E-state index in [9.17, 15) is 19.8 Å². The number of hydrogen-bond donors (Lipinski definition) is 3. The fourth-order valence-electron chi connectivity index (χ4n) is 3.46. The van der Waals surface area contributed by atoms with Gasteiger partial charge in [-0.2, -0.15) is 0 Å². The van der Waals surface area contributed by atoms with Crippen LogP contribution in [0.2, 0.25) is 0 Å². The largest absolute Gasteiger partial charge is 0.507 e. The predicted octanol–water partition coefficient (Wildman–Crippen LogP) is 3.94. The molecule has 0 heterocycles. The van der Waals surface area contributed by atoms with Crippen molar-refractivity contribution in [3.05, 3.63) is 77.9 Å². The first kappa shape index (κ1) is 22.3. The highest BCUT2D eigenvalue weighted by Gasteiger charge is 2.30. The van der Waals surface area contributed by atoms with Gasteiger partial charge in [0, 0.05) is 36.1 Å². The first-order valence-corrected chi connectivity index (χ1v) is 10.0. The molecule has 2 amide bonds. The second kappa shape index (κ2) is 10.6. The summed E-state index contributed by atoms with van der Waals surface area (Å²) < 4.78 is 11.4. The molecule has 7 heteroatoms. The van der Waals surface area contributed by atoms with Crippen LogP contribution in [0.3, 0.4) is 0 Å². The Morgan fingerprint density at radius 1 is 0.968 bits per heavy atom. The van der Waals surface area contributed by atoms with E-state index in [0.29, 0.717) is 28.5 Å². The van der Waals surface area contributed by atoms with Gasteiger partial charge in [-0.25, -0.2) is 4.79 Å². The number of alkyl carbamates (subject to hydrolysis) is 1. The molecule has 0 unspecified atom stereocenters. The molecule has 2 atom stereocenters. The number of fused-ring (bicyclic) bond motifs is 1. The van der Waals surface area contributed by atoms with Crippen LogP contribution in [-0.2, 0) is 9.47 Å². The van der Waals surface area contributed by atoms with Gasteiger partial charge in [0.15, 0.2) is 6.10 Å². The van der Waals surface area contributed by atoms with Crippen LogP contribution >= 0.6 is 0 Å². The van der Waals surface area contributed by atoms with Crippen molar-refractivity contribution in [1.82, 2.24) is 5.32 Å². The van der Waals surface area contributed by atoms with E-state index >= 15 is 0 Å². The second-order valence-electron chi connectivity index (χ2n) is 6.87. The predicted molar refractivity (Wildman–Crippen MR) is 116 cm³/mol. The summed E-state index contributed by atoms with van der Waals surface area (Å²) in [4.78, 5) is 24.9. The number of aliphatic hydroxyl groups is 1. The Balaban J connectivity index is 1.93. The maximum absolute atomic E-state index is 12.6. The van der Waals surface area contributed by atoms with Gasteiger partial charge < -0.3 is 19.7 Å². The smallest absolute Gasteiger partial charge is 0.414 e. The normalized spacial score (nSPS) is 12.8. The molecule has 0 saturated heterocycles. The first-order valence-electron chi connectivity index (χ1n) is 10.0. The van der Waals surface area contributed by atoms with Crippen molar-refractivity contribution < 1.29 is 29.3 Å². The Bertz CT molecular complexity index is 1030. The maximum Gasteiger partial charge on any atom is 0.414 e. The molecule has 0 fully saturated rings. The highest BCUT2D eigenvalue weighted by atomic mass is 16.6. The lowest BCUT2D eigenvalue weighted by Gasteiger charge is -2.28. The van der Waals surface area contributed by atoms with Crippen molar-refractivity contribution in [2.45, 2.75) is 25.6 Å². The van der Waals surface area contributed by atoms with Gasteiger partial charge in [0.2, 0.25) is 0 Å². The summed E-state index contributed by atoms with van der Waals surface area (Å²) in [6.45, 7) is 1.96. The lowest BCUT2D eigenvalue weighted by molar-refractivity contribution is -0.0504. The van der Waals surface area contributed by atoms with Crippen molar-refractivity contribution >= 4 is 22.8 Å². The number of ether oxygens (including phenoxy) is 2. The molecule has 0 bridgehead atoms. The van der Waals surface area contributed by atoms with Gasteiger partial charge in [0.1, 0.15) is 11.9 Å². The van der Waals surface area contributed by atoms with Gasteiger partial charge in [0.25, 0.3) is 5.91 Å². The summed E-state index contributed by atoms with van der Waals surface area (Å²) in [7, 11) is 0. The number of rotatable bonds is 8. The van der Waals surface area contributed by atoms with Gasteiger partial charge in [-0.05, 0) is 30.5 Å². The van der Waals surface area contributed by atoms with Gasteiger partial charge in [-0.3, -0.25) is 10.1 Å². The van der Waals surface area contributed by atoms with E-state index in [1.165, 1.54) is 6.07 Å². The molecule has 7 nitrogen and oxygen atoms in total. The Morgan fingerprint density at radius 2 is 1.65 bits per heavy atom. The molecule has 0 aliphatic rings. The molecule has 3 aromatic rings. The number of aliphatic hydroxyl groups excluding tert-OH is 1. The first-order chi connectivity index (χ1) is 15.0. The summed E-state index contributed by atoms with van der Waals surface area (Å²) in [5.74, 6) is -0.494. The number of phenols is 1. The number of amides is 2. The number of imide groups is 1. The van der Waals surface area contributed by atoms with Crippen LogP contribution in [-0.4, -0.2) is 41.5 Å². The summed E-state index contributed by atoms with van der Waals surface area (Å²) in [5, 5.41) is 23.2. The molecule has 0 aromatic heterocycles. The Kier molecular flexibility index (Phi) is 7.59. The molecule has 0 aliphatic carbocycles. The van der Waals surface area contributed by atoms with Crippen LogP contribution in [0.1, 0.15) is 35.4 Å². The standard InChI is InChI=1S/C24H25NO6/c1-2-30-21(14-15-26)22(19-12-13-20(27)18-11-7-6-10-17(18)19)31-24(29)25-23(28)16-8-4-3-5-9-16/h3-13,21-22,26-27H,2,14-15H2,1H3,(H,25,28,29)/t21-,22-/m0/s1. The number of carbonyl (C=O) groups is 2. The Morgan fingerprint density at radius 3 is 2.32 bits per heavy atom. The molecule has 0 saturated carbocycles. The van der Waals surface area contributed by atoms with Gasteiger partial charge in [-0.1, -0.05) is 48.5 Å². The quantitative estimate of drug-likeness (QED) is 0.507. The van der Waals surface area contributed by atoms with Crippen LogP contribution in [0.15, 0.2) is 66.7 Å². The van der Waals surface area contributed by atoms with Crippen molar-refractivity contribution in [1.29, 1.82) is 0 Å². The second-order valence-corrected chi connectivity index (χ2v) is 6.87. The fraction of sp³-hybridized carbons (Fsp3) is 0.250. The lowest BCUT2D eigenvalue weighted by atomic mass is 9.95. The summed E-state index contributed by atoms with van der Waals surface area (Å²) in [5.41, 5.74) is 0.922. The molecule has 162 valence electrons. The average molecular weight is 423 g/mol. The van der Waals surface area contributed by atoms with Crippen LogP contribution in [0, 0.1) is 0 Å². The van der Waals surface area contributed by atoms with Crippen LogP contribution in [0.25, 0.3) is 10.8 Å².